The van der Waals surface area contributed by atoms with Crippen LogP contribution in [0.5, 0.6) is 5.75 Å². The smallest absolute Gasteiger partial charge is 0.193 e. The molecule has 2 aromatic carbocycles. The number of halogens is 2. The van der Waals surface area contributed by atoms with Gasteiger partial charge < -0.3 is 15.8 Å². The van der Waals surface area contributed by atoms with Crippen LogP contribution in [0, 0.1) is 5.82 Å². The SMILES string of the molecule is COc1cccc(NC(N)=NC2CC(c3cccc(F)c3)C2)c1.I. The van der Waals surface area contributed by atoms with E-state index in [1.807, 2.05) is 30.3 Å². The number of ether oxygens (including phenoxy) is 1. The summed E-state index contributed by atoms with van der Waals surface area (Å²) >= 11 is 0. The molecule has 0 aromatic heterocycles. The van der Waals surface area contributed by atoms with E-state index >= 15 is 0 Å². The predicted octanol–water partition coefficient (Wildman–Crippen LogP) is 4.13. The lowest BCUT2D eigenvalue weighted by molar-refractivity contribution is 0.352. The Morgan fingerprint density at radius 3 is 2.67 bits per heavy atom. The molecule has 0 amide bonds. The van der Waals surface area contributed by atoms with Crippen LogP contribution >= 0.6 is 24.0 Å². The van der Waals surface area contributed by atoms with Crippen LogP contribution in [-0.2, 0) is 0 Å². The second-order valence-electron chi connectivity index (χ2n) is 5.75. The Morgan fingerprint density at radius 1 is 1.21 bits per heavy atom. The first-order valence-electron chi connectivity index (χ1n) is 7.64. The highest BCUT2D eigenvalue weighted by atomic mass is 127. The number of nitrogens with two attached hydrogens (primary N) is 1. The normalized spacial score (nSPS) is 19.8. The molecule has 0 saturated heterocycles. The Bertz CT molecular complexity index is 717. The lowest BCUT2D eigenvalue weighted by atomic mass is 9.76. The second kappa shape index (κ2) is 8.32. The van der Waals surface area contributed by atoms with Crippen LogP contribution in [-0.4, -0.2) is 19.1 Å². The van der Waals surface area contributed by atoms with Gasteiger partial charge in [-0.05, 0) is 48.6 Å². The highest BCUT2D eigenvalue weighted by Crippen LogP contribution is 2.38. The number of benzene rings is 2. The minimum Gasteiger partial charge on any atom is -0.497 e. The van der Waals surface area contributed by atoms with E-state index < -0.39 is 0 Å². The molecule has 24 heavy (non-hydrogen) atoms. The number of guanidine groups is 1. The van der Waals surface area contributed by atoms with Crippen molar-refractivity contribution in [3.63, 3.8) is 0 Å². The van der Waals surface area contributed by atoms with Gasteiger partial charge in [0.05, 0.1) is 13.2 Å². The van der Waals surface area contributed by atoms with Gasteiger partial charge >= 0.3 is 0 Å². The van der Waals surface area contributed by atoms with E-state index in [0.29, 0.717) is 11.9 Å². The largest absolute Gasteiger partial charge is 0.497 e. The van der Waals surface area contributed by atoms with Gasteiger partial charge in [0.25, 0.3) is 0 Å². The van der Waals surface area contributed by atoms with E-state index in [4.69, 9.17) is 10.5 Å². The molecule has 1 fully saturated rings. The molecule has 3 rings (SSSR count). The van der Waals surface area contributed by atoms with Crippen LogP contribution in [0.15, 0.2) is 53.5 Å². The molecule has 0 aliphatic heterocycles. The summed E-state index contributed by atoms with van der Waals surface area (Å²) < 4.78 is 18.4. The van der Waals surface area contributed by atoms with E-state index in [1.54, 1.807) is 19.2 Å². The zero-order valence-corrected chi connectivity index (χ0v) is 15.7. The standard InChI is InChI=1S/C18H20FN3O.HI/c1-23-17-7-3-6-15(11-17)21-18(20)22-16-9-13(10-16)12-4-2-5-14(19)8-12;/h2-8,11,13,16H,9-10H2,1H3,(H3,20,21,22);1H. The molecule has 0 radical (unpaired) electrons. The zero-order valence-electron chi connectivity index (χ0n) is 13.4. The molecule has 6 heteroatoms. The summed E-state index contributed by atoms with van der Waals surface area (Å²) in [7, 11) is 1.62. The van der Waals surface area contributed by atoms with Gasteiger partial charge in [0.15, 0.2) is 5.96 Å². The molecule has 0 bridgehead atoms. The van der Waals surface area contributed by atoms with Crippen molar-refractivity contribution in [3.05, 3.63) is 59.9 Å². The average molecular weight is 441 g/mol. The maximum Gasteiger partial charge on any atom is 0.193 e. The molecule has 128 valence electrons. The van der Waals surface area contributed by atoms with Crippen LogP contribution in [0.25, 0.3) is 0 Å². The summed E-state index contributed by atoms with van der Waals surface area (Å²) in [5, 5.41) is 3.07. The van der Waals surface area contributed by atoms with Crippen LogP contribution in [0.3, 0.4) is 0 Å². The molecule has 0 spiro atoms. The number of hydrogen-bond acceptors (Lipinski definition) is 2. The van der Waals surface area contributed by atoms with Crippen molar-refractivity contribution >= 4 is 35.6 Å². The van der Waals surface area contributed by atoms with Crippen LogP contribution in [0.4, 0.5) is 10.1 Å². The van der Waals surface area contributed by atoms with Crippen molar-refractivity contribution in [2.24, 2.45) is 10.7 Å². The molecule has 1 aliphatic rings. The predicted molar refractivity (Wildman–Crippen MR) is 106 cm³/mol. The van der Waals surface area contributed by atoms with Gasteiger partial charge in [-0.2, -0.15) is 0 Å². The van der Waals surface area contributed by atoms with Crippen molar-refractivity contribution in [1.29, 1.82) is 0 Å². The maximum atomic E-state index is 13.2. The molecule has 1 aliphatic carbocycles. The van der Waals surface area contributed by atoms with E-state index in [2.05, 4.69) is 10.3 Å². The zero-order chi connectivity index (χ0) is 16.2. The number of methoxy groups -OCH3 is 1. The monoisotopic (exact) mass is 441 g/mol. The topological polar surface area (TPSA) is 59.6 Å². The first-order chi connectivity index (χ1) is 11.1. The number of anilines is 1. The summed E-state index contributed by atoms with van der Waals surface area (Å²) in [6.45, 7) is 0. The second-order valence-corrected chi connectivity index (χ2v) is 5.75. The van der Waals surface area contributed by atoms with Gasteiger partial charge in [0.1, 0.15) is 11.6 Å². The Hall–Kier alpha value is -1.83. The molecule has 1 saturated carbocycles. The lowest BCUT2D eigenvalue weighted by Gasteiger charge is -2.33. The fraction of sp³-hybridized carbons (Fsp3) is 0.278. The van der Waals surface area contributed by atoms with Crippen molar-refractivity contribution in [2.75, 3.05) is 12.4 Å². The number of aliphatic imine (C=N–C) groups is 1. The van der Waals surface area contributed by atoms with E-state index in [9.17, 15) is 4.39 Å². The molecule has 2 aromatic rings. The minimum atomic E-state index is -0.186. The minimum absolute atomic E-state index is 0. The summed E-state index contributed by atoms with van der Waals surface area (Å²) in [6, 6.07) is 14.5. The Labute approximate surface area is 158 Å². The van der Waals surface area contributed by atoms with Crippen molar-refractivity contribution in [1.82, 2.24) is 0 Å². The summed E-state index contributed by atoms with van der Waals surface area (Å²) in [5.41, 5.74) is 7.83. The molecule has 4 nitrogen and oxygen atoms in total. The highest BCUT2D eigenvalue weighted by Gasteiger charge is 2.30. The van der Waals surface area contributed by atoms with Gasteiger partial charge in [0, 0.05) is 11.8 Å². The molecule has 0 atom stereocenters. The third-order valence-corrected chi connectivity index (χ3v) is 4.10. The highest BCUT2D eigenvalue weighted by molar-refractivity contribution is 14.0. The number of nitrogens with one attached hydrogen (secondary N) is 1. The molecule has 3 N–H and O–H groups in total. The van der Waals surface area contributed by atoms with Gasteiger partial charge in [-0.1, -0.05) is 18.2 Å². The molecular formula is C18H21FIN3O. The van der Waals surface area contributed by atoms with Crippen LogP contribution < -0.4 is 15.8 Å². The van der Waals surface area contributed by atoms with Crippen LogP contribution in [0.2, 0.25) is 0 Å². The average Bonchev–Trinajstić information content (AvgIpc) is 2.50. The summed E-state index contributed by atoms with van der Waals surface area (Å²) in [4.78, 5) is 4.48. The summed E-state index contributed by atoms with van der Waals surface area (Å²) in [5.74, 6) is 1.33. The fourth-order valence-electron chi connectivity index (χ4n) is 2.80. The lowest BCUT2D eigenvalue weighted by Crippen LogP contribution is -2.31. The number of rotatable bonds is 4. The van der Waals surface area contributed by atoms with Crippen LogP contribution in [0.1, 0.15) is 24.3 Å². The number of hydrogen-bond donors (Lipinski definition) is 2. The van der Waals surface area contributed by atoms with Gasteiger partial charge in [0.2, 0.25) is 0 Å². The van der Waals surface area contributed by atoms with Gasteiger partial charge in [-0.15, -0.1) is 24.0 Å². The van der Waals surface area contributed by atoms with E-state index in [1.165, 1.54) is 6.07 Å². The van der Waals surface area contributed by atoms with Crippen molar-refractivity contribution < 1.29 is 9.13 Å². The van der Waals surface area contributed by atoms with Gasteiger partial charge in [-0.3, -0.25) is 0 Å². The first kappa shape index (κ1) is 18.5. The Morgan fingerprint density at radius 2 is 1.96 bits per heavy atom. The molecule has 0 unspecified atom stereocenters. The van der Waals surface area contributed by atoms with E-state index in [-0.39, 0.29) is 35.8 Å². The third kappa shape index (κ3) is 4.59. The Balaban J connectivity index is 0.00000208. The van der Waals surface area contributed by atoms with E-state index in [0.717, 1.165) is 29.8 Å². The third-order valence-electron chi connectivity index (χ3n) is 4.10. The first-order valence-corrected chi connectivity index (χ1v) is 7.64. The molecule has 0 heterocycles. The maximum absolute atomic E-state index is 13.2. The summed E-state index contributed by atoms with van der Waals surface area (Å²) in [6.07, 6.45) is 1.79. The molecular weight excluding hydrogens is 420 g/mol. The van der Waals surface area contributed by atoms with Crippen molar-refractivity contribution in [2.45, 2.75) is 24.8 Å². The number of nitrogens with zero attached hydrogens (tertiary/aromatic N) is 1. The van der Waals surface area contributed by atoms with Gasteiger partial charge in [-0.25, -0.2) is 9.38 Å². The van der Waals surface area contributed by atoms with Crippen molar-refractivity contribution in [3.8, 4) is 5.75 Å². The Kier molecular flexibility index (Phi) is 6.42. The quantitative estimate of drug-likeness (QED) is 0.426. The fourth-order valence-corrected chi connectivity index (χ4v) is 2.80.